The molecule has 0 aliphatic rings. The van der Waals surface area contributed by atoms with E-state index in [1.807, 2.05) is 0 Å². The van der Waals surface area contributed by atoms with Crippen LogP contribution in [0, 0.1) is 5.82 Å². The summed E-state index contributed by atoms with van der Waals surface area (Å²) in [5, 5.41) is 0. The SMILES string of the molecule is COCCOCCOCCOCc1c(N)cccc1F. The van der Waals surface area contributed by atoms with Crippen LogP contribution in [0.5, 0.6) is 0 Å². The molecule has 0 bridgehead atoms. The van der Waals surface area contributed by atoms with Gasteiger partial charge in [-0.15, -0.1) is 0 Å². The molecule has 0 saturated heterocycles. The van der Waals surface area contributed by atoms with Gasteiger partial charge in [-0.05, 0) is 12.1 Å². The number of halogens is 1. The van der Waals surface area contributed by atoms with Gasteiger partial charge in [-0.2, -0.15) is 0 Å². The van der Waals surface area contributed by atoms with Crippen molar-refractivity contribution >= 4 is 5.69 Å². The first-order valence-electron chi connectivity index (χ1n) is 6.50. The lowest BCUT2D eigenvalue weighted by atomic mass is 10.2. The van der Waals surface area contributed by atoms with Crippen LogP contribution in [0.4, 0.5) is 10.1 Å². The van der Waals surface area contributed by atoms with E-state index < -0.39 is 0 Å². The average Bonchev–Trinajstić information content (AvgIpc) is 2.43. The van der Waals surface area contributed by atoms with Crippen molar-refractivity contribution in [2.45, 2.75) is 6.61 Å². The molecular weight excluding hydrogens is 265 g/mol. The first kappa shape index (κ1) is 16.8. The normalized spacial score (nSPS) is 10.9. The largest absolute Gasteiger partial charge is 0.398 e. The highest BCUT2D eigenvalue weighted by Crippen LogP contribution is 2.16. The van der Waals surface area contributed by atoms with E-state index in [0.29, 0.717) is 50.9 Å². The average molecular weight is 287 g/mol. The van der Waals surface area contributed by atoms with Crippen LogP contribution < -0.4 is 5.73 Å². The Balaban J connectivity index is 2.00. The molecule has 1 rings (SSSR count). The minimum atomic E-state index is -0.350. The van der Waals surface area contributed by atoms with Gasteiger partial charge in [0.15, 0.2) is 0 Å². The molecule has 0 saturated carbocycles. The summed E-state index contributed by atoms with van der Waals surface area (Å²) in [6, 6.07) is 4.58. The molecule has 0 spiro atoms. The summed E-state index contributed by atoms with van der Waals surface area (Å²) in [5.41, 5.74) is 6.45. The van der Waals surface area contributed by atoms with Gasteiger partial charge in [0.05, 0.1) is 46.2 Å². The van der Waals surface area contributed by atoms with Crippen molar-refractivity contribution < 1.29 is 23.3 Å². The Morgan fingerprint density at radius 2 is 1.55 bits per heavy atom. The van der Waals surface area contributed by atoms with Gasteiger partial charge < -0.3 is 24.7 Å². The number of hydrogen-bond acceptors (Lipinski definition) is 5. The fraction of sp³-hybridized carbons (Fsp3) is 0.571. The van der Waals surface area contributed by atoms with E-state index >= 15 is 0 Å². The Morgan fingerprint density at radius 1 is 0.950 bits per heavy atom. The van der Waals surface area contributed by atoms with Crippen LogP contribution in [0.3, 0.4) is 0 Å². The number of nitrogen functional groups attached to an aromatic ring is 1. The van der Waals surface area contributed by atoms with Crippen molar-refractivity contribution in [3.8, 4) is 0 Å². The maximum absolute atomic E-state index is 13.4. The number of benzene rings is 1. The molecule has 0 aliphatic carbocycles. The second-order valence-electron chi connectivity index (χ2n) is 4.08. The Morgan fingerprint density at radius 3 is 2.15 bits per heavy atom. The molecule has 0 unspecified atom stereocenters. The monoisotopic (exact) mass is 287 g/mol. The standard InChI is InChI=1S/C14H22FNO4/c1-17-5-6-18-7-8-19-9-10-20-11-12-13(15)3-2-4-14(12)16/h2-4H,5-11,16H2,1H3. The van der Waals surface area contributed by atoms with Crippen LogP contribution in [0.15, 0.2) is 18.2 Å². The Labute approximate surface area is 118 Å². The highest BCUT2D eigenvalue weighted by atomic mass is 19.1. The Kier molecular flexibility index (Phi) is 8.90. The third-order valence-corrected chi connectivity index (χ3v) is 2.58. The number of hydrogen-bond donors (Lipinski definition) is 1. The molecule has 0 amide bonds. The van der Waals surface area contributed by atoms with E-state index in [1.54, 1.807) is 19.2 Å². The highest BCUT2D eigenvalue weighted by Gasteiger charge is 2.05. The van der Waals surface area contributed by atoms with Crippen molar-refractivity contribution in [1.29, 1.82) is 0 Å². The van der Waals surface area contributed by atoms with Crippen molar-refractivity contribution in [2.24, 2.45) is 0 Å². The molecule has 1 aromatic carbocycles. The van der Waals surface area contributed by atoms with Gasteiger partial charge in [-0.3, -0.25) is 0 Å². The van der Waals surface area contributed by atoms with Crippen LogP contribution >= 0.6 is 0 Å². The number of methoxy groups -OCH3 is 1. The summed E-state index contributed by atoms with van der Waals surface area (Å²) >= 11 is 0. The molecule has 6 heteroatoms. The van der Waals surface area contributed by atoms with Crippen molar-refractivity contribution in [2.75, 3.05) is 52.5 Å². The molecule has 114 valence electrons. The van der Waals surface area contributed by atoms with Gasteiger partial charge >= 0.3 is 0 Å². The maximum Gasteiger partial charge on any atom is 0.130 e. The van der Waals surface area contributed by atoms with E-state index in [0.717, 1.165) is 0 Å². The van der Waals surface area contributed by atoms with E-state index in [1.165, 1.54) is 6.07 Å². The zero-order valence-corrected chi connectivity index (χ0v) is 11.8. The van der Waals surface area contributed by atoms with Crippen LogP contribution in [0.25, 0.3) is 0 Å². The second kappa shape index (κ2) is 10.6. The van der Waals surface area contributed by atoms with Crippen molar-refractivity contribution in [3.05, 3.63) is 29.6 Å². The lowest BCUT2D eigenvalue weighted by molar-refractivity contribution is 0.000626. The van der Waals surface area contributed by atoms with Gasteiger partial charge in [0, 0.05) is 18.4 Å². The van der Waals surface area contributed by atoms with Crippen LogP contribution in [-0.2, 0) is 25.6 Å². The summed E-state index contributed by atoms with van der Waals surface area (Å²) < 4.78 is 34.1. The smallest absolute Gasteiger partial charge is 0.130 e. The van der Waals surface area contributed by atoms with E-state index in [4.69, 9.17) is 24.7 Å². The molecule has 2 N–H and O–H groups in total. The molecular formula is C14H22FNO4. The lowest BCUT2D eigenvalue weighted by Gasteiger charge is -2.09. The minimum Gasteiger partial charge on any atom is -0.398 e. The predicted octanol–water partition coefficient (Wildman–Crippen LogP) is 1.60. The first-order valence-corrected chi connectivity index (χ1v) is 6.50. The zero-order valence-electron chi connectivity index (χ0n) is 11.8. The van der Waals surface area contributed by atoms with E-state index in [2.05, 4.69) is 0 Å². The van der Waals surface area contributed by atoms with Crippen LogP contribution in [-0.4, -0.2) is 46.8 Å². The molecule has 0 radical (unpaired) electrons. The first-order chi connectivity index (χ1) is 9.75. The molecule has 0 atom stereocenters. The van der Waals surface area contributed by atoms with Gasteiger partial charge in [0.1, 0.15) is 5.82 Å². The second-order valence-corrected chi connectivity index (χ2v) is 4.08. The molecule has 0 aliphatic heterocycles. The number of rotatable bonds is 11. The van der Waals surface area contributed by atoms with Gasteiger partial charge in [-0.25, -0.2) is 4.39 Å². The van der Waals surface area contributed by atoms with Gasteiger partial charge in [0.25, 0.3) is 0 Å². The van der Waals surface area contributed by atoms with Crippen molar-refractivity contribution in [3.63, 3.8) is 0 Å². The summed E-state index contributed by atoms with van der Waals surface area (Å²) in [7, 11) is 1.62. The third kappa shape index (κ3) is 6.81. The fourth-order valence-corrected chi connectivity index (χ4v) is 1.48. The summed E-state index contributed by atoms with van der Waals surface area (Å²) in [4.78, 5) is 0. The molecule has 20 heavy (non-hydrogen) atoms. The molecule has 1 aromatic rings. The van der Waals surface area contributed by atoms with Gasteiger partial charge in [0.2, 0.25) is 0 Å². The summed E-state index contributed by atoms with van der Waals surface area (Å²) in [5.74, 6) is -0.350. The number of nitrogens with two attached hydrogens (primary N) is 1. The number of ether oxygens (including phenoxy) is 4. The molecule has 0 fully saturated rings. The van der Waals surface area contributed by atoms with Crippen molar-refractivity contribution in [1.82, 2.24) is 0 Å². The van der Waals surface area contributed by atoms with E-state index in [-0.39, 0.29) is 12.4 Å². The third-order valence-electron chi connectivity index (χ3n) is 2.58. The minimum absolute atomic E-state index is 0.145. The molecule has 0 aromatic heterocycles. The Bertz CT molecular complexity index is 356. The quantitative estimate of drug-likeness (QED) is 0.495. The van der Waals surface area contributed by atoms with Gasteiger partial charge in [-0.1, -0.05) is 6.07 Å². The predicted molar refractivity (Wildman–Crippen MR) is 74.0 cm³/mol. The number of anilines is 1. The zero-order chi connectivity index (χ0) is 14.6. The van der Waals surface area contributed by atoms with E-state index in [9.17, 15) is 4.39 Å². The van der Waals surface area contributed by atoms with Crippen LogP contribution in [0.2, 0.25) is 0 Å². The van der Waals surface area contributed by atoms with Crippen LogP contribution in [0.1, 0.15) is 5.56 Å². The topological polar surface area (TPSA) is 62.9 Å². The highest BCUT2D eigenvalue weighted by molar-refractivity contribution is 5.46. The Hall–Kier alpha value is -1.21. The fourth-order valence-electron chi connectivity index (χ4n) is 1.48. The molecule has 5 nitrogen and oxygen atoms in total. The summed E-state index contributed by atoms with van der Waals surface area (Å²) in [6.45, 7) is 3.11. The molecule has 0 heterocycles. The lowest BCUT2D eigenvalue weighted by Crippen LogP contribution is -2.11. The summed E-state index contributed by atoms with van der Waals surface area (Å²) in [6.07, 6.45) is 0. The maximum atomic E-state index is 13.4.